The molecule has 0 heterocycles. The van der Waals surface area contributed by atoms with E-state index in [0.717, 1.165) is 0 Å². The Hall–Kier alpha value is -4.11. The van der Waals surface area contributed by atoms with E-state index in [1.54, 1.807) is 54.6 Å². The molecule has 0 fully saturated rings. The highest BCUT2D eigenvalue weighted by molar-refractivity contribution is 7.92. The molecule has 0 spiro atoms. The van der Waals surface area contributed by atoms with E-state index < -0.39 is 21.8 Å². The van der Waals surface area contributed by atoms with E-state index in [9.17, 15) is 18.0 Å². The number of hydrogen-bond acceptors (Lipinski definition) is 5. The van der Waals surface area contributed by atoms with Gasteiger partial charge in [0.15, 0.2) is 0 Å². The molecule has 0 aliphatic rings. The van der Waals surface area contributed by atoms with Crippen molar-refractivity contribution >= 4 is 33.2 Å². The lowest BCUT2D eigenvalue weighted by Gasteiger charge is -2.23. The summed E-state index contributed by atoms with van der Waals surface area (Å²) in [7, 11) is -0.967. The summed E-state index contributed by atoms with van der Waals surface area (Å²) in [6.07, 6.45) is 1.49. The van der Waals surface area contributed by atoms with Gasteiger partial charge in [-0.25, -0.2) is 8.42 Å². The third kappa shape index (κ3) is 6.27. The first-order chi connectivity index (χ1) is 16.8. The minimum Gasteiger partial charge on any atom is -0.497 e. The summed E-state index contributed by atoms with van der Waals surface area (Å²) in [6, 6.07) is 21.3. The summed E-state index contributed by atoms with van der Waals surface area (Å²) in [5.41, 5.74) is 1.16. The van der Waals surface area contributed by atoms with Gasteiger partial charge in [0.2, 0.25) is 5.91 Å². The van der Waals surface area contributed by atoms with Gasteiger partial charge in [-0.1, -0.05) is 36.4 Å². The largest absolute Gasteiger partial charge is 0.497 e. The fourth-order valence-corrected chi connectivity index (χ4v) is 4.86. The minimum absolute atomic E-state index is 0.0386. The standard InChI is InChI=1S/C26H27N3O5S/c1-4-16-29(22-12-6-5-7-13-22)35(32,33)24-15-8-10-20(17-24)26(31)28(2)19-25(30)27-21-11-9-14-23(18-21)34-3/h4-15,17-18H,1,16,19H2,2-3H3,(H,27,30). The maximum Gasteiger partial charge on any atom is 0.264 e. The second kappa shape index (κ2) is 11.3. The Kier molecular flexibility index (Phi) is 8.27. The van der Waals surface area contributed by atoms with Gasteiger partial charge >= 0.3 is 0 Å². The number of nitrogens with one attached hydrogen (secondary N) is 1. The smallest absolute Gasteiger partial charge is 0.264 e. The summed E-state index contributed by atoms with van der Waals surface area (Å²) < 4.78 is 33.1. The molecular formula is C26H27N3O5S. The van der Waals surface area contributed by atoms with Crippen molar-refractivity contribution in [1.29, 1.82) is 0 Å². The average molecular weight is 494 g/mol. The molecule has 0 aliphatic carbocycles. The number of methoxy groups -OCH3 is 1. The van der Waals surface area contributed by atoms with Crippen LogP contribution in [0.3, 0.4) is 0 Å². The van der Waals surface area contributed by atoms with Crippen molar-refractivity contribution in [3.63, 3.8) is 0 Å². The van der Waals surface area contributed by atoms with E-state index in [-0.39, 0.29) is 23.5 Å². The molecule has 0 saturated heterocycles. The van der Waals surface area contributed by atoms with E-state index in [2.05, 4.69) is 11.9 Å². The third-order valence-electron chi connectivity index (χ3n) is 5.09. The Morgan fingerprint density at radius 1 is 1.00 bits per heavy atom. The monoisotopic (exact) mass is 493 g/mol. The normalized spacial score (nSPS) is 10.8. The highest BCUT2D eigenvalue weighted by atomic mass is 32.2. The summed E-state index contributed by atoms with van der Waals surface area (Å²) in [6.45, 7) is 3.50. The summed E-state index contributed by atoms with van der Waals surface area (Å²) >= 11 is 0. The van der Waals surface area contributed by atoms with Crippen LogP contribution in [-0.2, 0) is 14.8 Å². The van der Waals surface area contributed by atoms with Crippen molar-refractivity contribution in [3.05, 3.63) is 97.1 Å². The number of ether oxygens (including phenoxy) is 1. The van der Waals surface area contributed by atoms with Gasteiger partial charge < -0.3 is 15.0 Å². The Morgan fingerprint density at radius 3 is 2.40 bits per heavy atom. The maximum atomic E-state index is 13.4. The number of hydrogen-bond donors (Lipinski definition) is 1. The van der Waals surface area contributed by atoms with Gasteiger partial charge in [0.1, 0.15) is 5.75 Å². The fraction of sp³-hybridized carbons (Fsp3) is 0.154. The Morgan fingerprint density at radius 2 is 1.71 bits per heavy atom. The van der Waals surface area contributed by atoms with Crippen molar-refractivity contribution in [3.8, 4) is 5.75 Å². The molecule has 0 bridgehead atoms. The highest BCUT2D eigenvalue weighted by Crippen LogP contribution is 2.24. The molecular weight excluding hydrogens is 466 g/mol. The van der Waals surface area contributed by atoms with Crippen LogP contribution in [0.1, 0.15) is 10.4 Å². The minimum atomic E-state index is -3.97. The summed E-state index contributed by atoms with van der Waals surface area (Å²) in [4.78, 5) is 26.6. The van der Waals surface area contributed by atoms with Gasteiger partial charge in [0.05, 0.1) is 30.8 Å². The van der Waals surface area contributed by atoms with Gasteiger partial charge in [-0.05, 0) is 42.5 Å². The number of benzene rings is 3. The van der Waals surface area contributed by atoms with Crippen LogP contribution in [0.2, 0.25) is 0 Å². The molecule has 0 aliphatic heterocycles. The number of para-hydroxylation sites is 1. The molecule has 3 rings (SSSR count). The molecule has 0 unspecified atom stereocenters. The van der Waals surface area contributed by atoms with E-state index >= 15 is 0 Å². The zero-order chi connectivity index (χ0) is 25.4. The predicted octanol–water partition coefficient (Wildman–Crippen LogP) is 3.79. The van der Waals surface area contributed by atoms with Crippen molar-refractivity contribution in [2.75, 3.05) is 36.9 Å². The molecule has 3 aromatic rings. The van der Waals surface area contributed by atoms with Crippen LogP contribution in [0.25, 0.3) is 0 Å². The maximum absolute atomic E-state index is 13.4. The molecule has 8 nitrogen and oxygen atoms in total. The molecule has 35 heavy (non-hydrogen) atoms. The Labute approximate surface area is 205 Å². The zero-order valence-electron chi connectivity index (χ0n) is 19.5. The predicted molar refractivity (Wildman–Crippen MR) is 136 cm³/mol. The Bertz CT molecular complexity index is 1310. The van der Waals surface area contributed by atoms with Crippen LogP contribution in [0.5, 0.6) is 5.75 Å². The number of rotatable bonds is 10. The quantitative estimate of drug-likeness (QED) is 0.434. The SMILES string of the molecule is C=CCN(c1ccccc1)S(=O)(=O)c1cccc(C(=O)N(C)CC(=O)Nc2cccc(OC)c2)c1. The van der Waals surface area contributed by atoms with Gasteiger partial charge in [0.25, 0.3) is 15.9 Å². The number of amides is 2. The van der Waals surface area contributed by atoms with E-state index in [1.165, 1.54) is 53.7 Å². The van der Waals surface area contributed by atoms with E-state index in [0.29, 0.717) is 17.1 Å². The molecule has 9 heteroatoms. The number of sulfonamides is 1. The van der Waals surface area contributed by atoms with Gasteiger partial charge in [-0.15, -0.1) is 6.58 Å². The van der Waals surface area contributed by atoms with Crippen LogP contribution in [0, 0.1) is 0 Å². The van der Waals surface area contributed by atoms with Crippen LogP contribution < -0.4 is 14.4 Å². The van der Waals surface area contributed by atoms with Gasteiger partial charge in [0, 0.05) is 24.4 Å². The van der Waals surface area contributed by atoms with Crippen molar-refractivity contribution < 1.29 is 22.7 Å². The molecule has 0 radical (unpaired) electrons. The Balaban J connectivity index is 1.77. The number of carbonyl (C=O) groups excluding carboxylic acids is 2. The van der Waals surface area contributed by atoms with Gasteiger partial charge in [-0.3, -0.25) is 13.9 Å². The number of carbonyl (C=O) groups is 2. The number of likely N-dealkylation sites (N-methyl/N-ethyl adjacent to an activating group) is 1. The van der Waals surface area contributed by atoms with E-state index in [1.807, 2.05) is 0 Å². The first kappa shape index (κ1) is 25.5. The lowest BCUT2D eigenvalue weighted by atomic mass is 10.2. The number of nitrogens with zero attached hydrogens (tertiary/aromatic N) is 2. The molecule has 2 amide bonds. The average Bonchev–Trinajstić information content (AvgIpc) is 2.87. The van der Waals surface area contributed by atoms with Crippen LogP contribution >= 0.6 is 0 Å². The van der Waals surface area contributed by atoms with Crippen LogP contribution in [0.4, 0.5) is 11.4 Å². The van der Waals surface area contributed by atoms with E-state index in [4.69, 9.17) is 4.74 Å². The lowest BCUT2D eigenvalue weighted by molar-refractivity contribution is -0.116. The van der Waals surface area contributed by atoms with Crippen molar-refractivity contribution in [2.24, 2.45) is 0 Å². The molecule has 0 aromatic heterocycles. The second-order valence-electron chi connectivity index (χ2n) is 7.63. The molecule has 182 valence electrons. The molecule has 3 aromatic carbocycles. The summed E-state index contributed by atoms with van der Waals surface area (Å²) in [5, 5.41) is 2.71. The number of anilines is 2. The van der Waals surface area contributed by atoms with Crippen molar-refractivity contribution in [1.82, 2.24) is 4.90 Å². The first-order valence-corrected chi connectivity index (χ1v) is 12.2. The first-order valence-electron chi connectivity index (χ1n) is 10.7. The van der Waals surface area contributed by atoms with Crippen LogP contribution in [0.15, 0.2) is 96.4 Å². The van der Waals surface area contributed by atoms with Gasteiger partial charge in [-0.2, -0.15) is 0 Å². The summed E-state index contributed by atoms with van der Waals surface area (Å²) in [5.74, 6) is -0.303. The topological polar surface area (TPSA) is 96.0 Å². The molecule has 0 saturated carbocycles. The zero-order valence-corrected chi connectivity index (χ0v) is 20.4. The van der Waals surface area contributed by atoms with Crippen molar-refractivity contribution in [2.45, 2.75) is 4.90 Å². The van der Waals surface area contributed by atoms with Crippen LogP contribution in [-0.4, -0.2) is 52.4 Å². The third-order valence-corrected chi connectivity index (χ3v) is 6.88. The molecule has 1 N–H and O–H groups in total. The fourth-order valence-electron chi connectivity index (χ4n) is 3.38. The highest BCUT2D eigenvalue weighted by Gasteiger charge is 2.25. The lowest BCUT2D eigenvalue weighted by Crippen LogP contribution is -2.35. The molecule has 0 atom stereocenters. The second-order valence-corrected chi connectivity index (χ2v) is 9.49.